The van der Waals surface area contributed by atoms with Crippen LogP contribution in [0.1, 0.15) is 12.0 Å². The number of aliphatic hydroxyl groups excluding tert-OH is 1. The highest BCUT2D eigenvalue weighted by Gasteiger charge is 2.24. The topological polar surface area (TPSA) is 131 Å². The van der Waals surface area contributed by atoms with Crippen molar-refractivity contribution in [3.63, 3.8) is 0 Å². The fraction of sp³-hybridized carbons (Fsp3) is 0.312. The first kappa shape index (κ1) is 19.2. The van der Waals surface area contributed by atoms with Crippen LogP contribution in [-0.2, 0) is 20.9 Å². The molecule has 0 radical (unpaired) electrons. The smallest absolute Gasteiger partial charge is 0.408 e. The highest BCUT2D eigenvalue weighted by molar-refractivity contribution is 5.90. The lowest BCUT2D eigenvalue weighted by molar-refractivity contribution is -0.129. The summed E-state index contributed by atoms with van der Waals surface area (Å²) in [5.41, 5.74) is 5.93. The van der Waals surface area contributed by atoms with Crippen molar-refractivity contribution in [2.75, 3.05) is 6.61 Å². The summed E-state index contributed by atoms with van der Waals surface area (Å²) in [5.74, 6) is -1.49. The first-order chi connectivity index (χ1) is 11.5. The predicted molar refractivity (Wildman–Crippen MR) is 86.6 cm³/mol. The summed E-state index contributed by atoms with van der Waals surface area (Å²) in [4.78, 5) is 34.9. The van der Waals surface area contributed by atoms with Crippen LogP contribution in [0.5, 0.6) is 0 Å². The molecular weight excluding hydrogens is 314 g/mol. The van der Waals surface area contributed by atoms with E-state index in [1.54, 1.807) is 24.3 Å². The Balaban J connectivity index is 2.52. The van der Waals surface area contributed by atoms with Gasteiger partial charge in [-0.05, 0) is 12.0 Å². The van der Waals surface area contributed by atoms with Crippen LogP contribution in [0, 0.1) is 0 Å². The number of nitrogens with two attached hydrogens (primary N) is 1. The molecule has 8 nitrogen and oxygen atoms in total. The van der Waals surface area contributed by atoms with Crippen molar-refractivity contribution in [1.29, 1.82) is 0 Å². The standard InChI is InChI=1S/C16H21N3O5/c1-2-6-12(14(17)21)18-15(22)13(9-20)19-16(23)24-10-11-7-4-3-5-8-11/h2-5,7-8,12-13,20H,1,6,9-10H2,(H2,17,21)(H,18,22)(H,19,23)/t12-,13-/m0/s1. The third kappa shape index (κ3) is 6.49. The molecule has 0 aliphatic rings. The van der Waals surface area contributed by atoms with Crippen molar-refractivity contribution < 1.29 is 24.2 Å². The lowest BCUT2D eigenvalue weighted by Crippen LogP contribution is -2.54. The number of rotatable bonds is 9. The summed E-state index contributed by atoms with van der Waals surface area (Å²) in [6.07, 6.45) is 0.690. The molecule has 0 aliphatic carbocycles. The number of hydrogen-bond acceptors (Lipinski definition) is 5. The number of benzene rings is 1. The highest BCUT2D eigenvalue weighted by Crippen LogP contribution is 2.01. The molecule has 24 heavy (non-hydrogen) atoms. The molecule has 5 N–H and O–H groups in total. The number of hydrogen-bond donors (Lipinski definition) is 4. The second-order valence-corrected chi connectivity index (χ2v) is 4.93. The number of alkyl carbamates (subject to hydrolysis) is 1. The highest BCUT2D eigenvalue weighted by atomic mass is 16.5. The largest absolute Gasteiger partial charge is 0.445 e. The van der Waals surface area contributed by atoms with Gasteiger partial charge in [0, 0.05) is 0 Å². The van der Waals surface area contributed by atoms with Crippen LogP contribution in [0.3, 0.4) is 0 Å². The van der Waals surface area contributed by atoms with E-state index < -0.39 is 36.6 Å². The van der Waals surface area contributed by atoms with E-state index in [-0.39, 0.29) is 13.0 Å². The Morgan fingerprint density at radius 3 is 2.42 bits per heavy atom. The van der Waals surface area contributed by atoms with Crippen LogP contribution in [0.15, 0.2) is 43.0 Å². The van der Waals surface area contributed by atoms with E-state index in [0.29, 0.717) is 0 Å². The Hall–Kier alpha value is -2.87. The van der Waals surface area contributed by atoms with Crippen molar-refractivity contribution in [1.82, 2.24) is 10.6 Å². The van der Waals surface area contributed by atoms with Crippen molar-refractivity contribution in [2.45, 2.75) is 25.1 Å². The zero-order valence-corrected chi connectivity index (χ0v) is 13.1. The Labute approximate surface area is 139 Å². The number of ether oxygens (including phenoxy) is 1. The summed E-state index contributed by atoms with van der Waals surface area (Å²) >= 11 is 0. The van der Waals surface area contributed by atoms with Gasteiger partial charge in [-0.15, -0.1) is 6.58 Å². The maximum absolute atomic E-state index is 12.0. The zero-order chi connectivity index (χ0) is 17.9. The fourth-order valence-corrected chi connectivity index (χ4v) is 1.79. The first-order valence-electron chi connectivity index (χ1n) is 7.26. The summed E-state index contributed by atoms with van der Waals surface area (Å²) in [5, 5.41) is 13.8. The monoisotopic (exact) mass is 335 g/mol. The molecule has 0 fully saturated rings. The van der Waals surface area contributed by atoms with E-state index in [1.807, 2.05) is 6.07 Å². The van der Waals surface area contributed by atoms with Crippen molar-refractivity contribution in [2.24, 2.45) is 5.73 Å². The third-order valence-electron chi connectivity index (χ3n) is 3.07. The van der Waals surface area contributed by atoms with E-state index in [1.165, 1.54) is 6.08 Å². The third-order valence-corrected chi connectivity index (χ3v) is 3.07. The normalized spacial score (nSPS) is 12.5. The Morgan fingerprint density at radius 1 is 1.21 bits per heavy atom. The summed E-state index contributed by atoms with van der Waals surface area (Å²) < 4.78 is 4.96. The van der Waals surface area contributed by atoms with Gasteiger partial charge < -0.3 is 26.2 Å². The molecule has 1 rings (SSSR count). The van der Waals surface area contributed by atoms with E-state index in [2.05, 4.69) is 17.2 Å². The van der Waals surface area contributed by atoms with E-state index >= 15 is 0 Å². The molecule has 0 heterocycles. The summed E-state index contributed by atoms with van der Waals surface area (Å²) in [6, 6.07) is 6.74. The van der Waals surface area contributed by atoms with Gasteiger partial charge in [0.1, 0.15) is 18.7 Å². The maximum Gasteiger partial charge on any atom is 0.408 e. The Morgan fingerprint density at radius 2 is 1.88 bits per heavy atom. The number of nitrogens with one attached hydrogen (secondary N) is 2. The van der Waals surface area contributed by atoms with Crippen molar-refractivity contribution >= 4 is 17.9 Å². The molecule has 0 spiro atoms. The van der Waals surface area contributed by atoms with E-state index in [9.17, 15) is 19.5 Å². The van der Waals surface area contributed by atoms with Gasteiger partial charge in [0.15, 0.2) is 0 Å². The Bertz CT molecular complexity index is 576. The average Bonchev–Trinajstić information content (AvgIpc) is 2.58. The molecular formula is C16H21N3O5. The molecule has 0 saturated carbocycles. The first-order valence-corrected chi connectivity index (χ1v) is 7.26. The number of amides is 3. The molecule has 0 unspecified atom stereocenters. The molecule has 0 aromatic heterocycles. The van der Waals surface area contributed by atoms with Gasteiger partial charge in [-0.3, -0.25) is 9.59 Å². The average molecular weight is 335 g/mol. The van der Waals surface area contributed by atoms with Crippen molar-refractivity contribution in [3.05, 3.63) is 48.6 Å². The minimum Gasteiger partial charge on any atom is -0.445 e. The minimum atomic E-state index is -1.26. The van der Waals surface area contributed by atoms with Crippen LogP contribution in [0.4, 0.5) is 4.79 Å². The van der Waals surface area contributed by atoms with Gasteiger partial charge in [-0.2, -0.15) is 0 Å². The summed E-state index contributed by atoms with van der Waals surface area (Å²) in [6.45, 7) is 2.82. The van der Waals surface area contributed by atoms with Crippen LogP contribution in [0.25, 0.3) is 0 Å². The molecule has 2 atom stereocenters. The second kappa shape index (κ2) is 10.0. The van der Waals surface area contributed by atoms with E-state index in [4.69, 9.17) is 10.5 Å². The van der Waals surface area contributed by atoms with Gasteiger partial charge in [-0.25, -0.2) is 4.79 Å². The number of carbonyl (C=O) groups is 3. The van der Waals surface area contributed by atoms with Crippen LogP contribution < -0.4 is 16.4 Å². The van der Waals surface area contributed by atoms with Crippen LogP contribution >= 0.6 is 0 Å². The summed E-state index contributed by atoms with van der Waals surface area (Å²) in [7, 11) is 0. The SMILES string of the molecule is C=CC[C@H](NC(=O)[C@H](CO)NC(=O)OCc1ccccc1)C(N)=O. The molecule has 0 saturated heterocycles. The van der Waals surface area contributed by atoms with Crippen LogP contribution in [-0.4, -0.2) is 41.7 Å². The number of aliphatic hydroxyl groups is 1. The quantitative estimate of drug-likeness (QED) is 0.465. The van der Waals surface area contributed by atoms with Gasteiger partial charge in [0.25, 0.3) is 0 Å². The Kier molecular flexibility index (Phi) is 8.00. The molecule has 130 valence electrons. The van der Waals surface area contributed by atoms with Crippen molar-refractivity contribution in [3.8, 4) is 0 Å². The molecule has 1 aromatic rings. The second-order valence-electron chi connectivity index (χ2n) is 4.93. The van der Waals surface area contributed by atoms with Gasteiger partial charge in [0.05, 0.1) is 6.61 Å². The minimum absolute atomic E-state index is 0.0207. The lowest BCUT2D eigenvalue weighted by atomic mass is 10.1. The lowest BCUT2D eigenvalue weighted by Gasteiger charge is -2.19. The molecule has 8 heteroatoms. The molecule has 0 aliphatic heterocycles. The number of carbonyl (C=O) groups excluding carboxylic acids is 3. The molecule has 3 amide bonds. The van der Waals surface area contributed by atoms with Crippen LogP contribution in [0.2, 0.25) is 0 Å². The van der Waals surface area contributed by atoms with Gasteiger partial charge in [-0.1, -0.05) is 36.4 Å². The molecule has 1 aromatic carbocycles. The maximum atomic E-state index is 12.0. The molecule has 0 bridgehead atoms. The fourth-order valence-electron chi connectivity index (χ4n) is 1.79. The predicted octanol–water partition coefficient (Wildman–Crippen LogP) is -0.180. The van der Waals surface area contributed by atoms with E-state index in [0.717, 1.165) is 5.56 Å². The number of primary amides is 1. The van der Waals surface area contributed by atoms with Gasteiger partial charge in [0.2, 0.25) is 11.8 Å². The van der Waals surface area contributed by atoms with Gasteiger partial charge >= 0.3 is 6.09 Å². The zero-order valence-electron chi connectivity index (χ0n) is 13.1.